The summed E-state index contributed by atoms with van der Waals surface area (Å²) < 4.78 is 6.65. The van der Waals surface area contributed by atoms with Crippen LogP contribution in [0.3, 0.4) is 0 Å². The van der Waals surface area contributed by atoms with E-state index >= 15 is 0 Å². The summed E-state index contributed by atoms with van der Waals surface area (Å²) in [6.45, 7) is 0.709. The fourth-order valence-corrected chi connectivity index (χ4v) is 2.79. The SMILES string of the molecule is CN(Cc1ccccc1Cl)C(=O)CCn1c(=O)oc2ccccc21. The van der Waals surface area contributed by atoms with Crippen LogP contribution in [0, 0.1) is 0 Å². The number of aromatic nitrogens is 1. The minimum atomic E-state index is -0.447. The van der Waals surface area contributed by atoms with Crippen molar-refractivity contribution in [2.45, 2.75) is 19.5 Å². The van der Waals surface area contributed by atoms with E-state index in [-0.39, 0.29) is 18.9 Å². The highest BCUT2D eigenvalue weighted by Crippen LogP contribution is 2.17. The maximum atomic E-state index is 12.3. The van der Waals surface area contributed by atoms with Gasteiger partial charge in [0.1, 0.15) is 0 Å². The van der Waals surface area contributed by atoms with Crippen LogP contribution in [0.25, 0.3) is 11.1 Å². The zero-order chi connectivity index (χ0) is 17.1. The minimum Gasteiger partial charge on any atom is -0.408 e. The molecule has 124 valence electrons. The van der Waals surface area contributed by atoms with E-state index in [0.29, 0.717) is 22.7 Å². The van der Waals surface area contributed by atoms with Crippen molar-refractivity contribution in [1.29, 1.82) is 0 Å². The molecule has 0 radical (unpaired) electrons. The standard InChI is InChI=1S/C18H17ClN2O3/c1-20(12-13-6-2-3-7-14(13)19)17(22)10-11-21-15-8-4-5-9-16(15)24-18(21)23/h2-9H,10-12H2,1H3. The maximum Gasteiger partial charge on any atom is 0.419 e. The lowest BCUT2D eigenvalue weighted by Gasteiger charge is -2.18. The number of hydrogen-bond acceptors (Lipinski definition) is 3. The number of fused-ring (bicyclic) bond motifs is 1. The molecule has 0 saturated carbocycles. The van der Waals surface area contributed by atoms with Crippen LogP contribution in [0.5, 0.6) is 0 Å². The summed E-state index contributed by atoms with van der Waals surface area (Å²) in [7, 11) is 1.72. The van der Waals surface area contributed by atoms with Crippen molar-refractivity contribution in [3.63, 3.8) is 0 Å². The number of para-hydroxylation sites is 2. The van der Waals surface area contributed by atoms with Gasteiger partial charge in [0, 0.05) is 31.6 Å². The maximum absolute atomic E-state index is 12.3. The Labute approximate surface area is 144 Å². The fourth-order valence-electron chi connectivity index (χ4n) is 2.59. The molecule has 0 aliphatic rings. The van der Waals surface area contributed by atoms with Crippen molar-refractivity contribution >= 4 is 28.6 Å². The van der Waals surface area contributed by atoms with Crippen LogP contribution >= 0.6 is 11.6 Å². The molecule has 0 aliphatic heterocycles. The second-order valence-electron chi connectivity index (χ2n) is 5.58. The molecule has 0 saturated heterocycles. The van der Waals surface area contributed by atoms with Crippen LogP contribution in [-0.4, -0.2) is 22.4 Å². The molecule has 6 heteroatoms. The lowest BCUT2D eigenvalue weighted by Crippen LogP contribution is -2.28. The second kappa shape index (κ2) is 6.93. The van der Waals surface area contributed by atoms with Crippen molar-refractivity contribution in [3.05, 3.63) is 69.7 Å². The van der Waals surface area contributed by atoms with Crippen LogP contribution in [0.2, 0.25) is 5.02 Å². The quantitative estimate of drug-likeness (QED) is 0.713. The number of oxazole rings is 1. The van der Waals surface area contributed by atoms with Crippen molar-refractivity contribution < 1.29 is 9.21 Å². The molecule has 2 aromatic carbocycles. The van der Waals surface area contributed by atoms with Gasteiger partial charge < -0.3 is 9.32 Å². The van der Waals surface area contributed by atoms with E-state index in [1.165, 1.54) is 4.57 Å². The second-order valence-corrected chi connectivity index (χ2v) is 5.99. The number of nitrogens with zero attached hydrogens (tertiary/aromatic N) is 2. The number of amides is 1. The summed E-state index contributed by atoms with van der Waals surface area (Å²) in [4.78, 5) is 25.9. The molecule has 1 aromatic heterocycles. The topological polar surface area (TPSA) is 55.5 Å². The molecule has 0 unspecified atom stereocenters. The van der Waals surface area contributed by atoms with Gasteiger partial charge in [-0.05, 0) is 23.8 Å². The highest BCUT2D eigenvalue weighted by molar-refractivity contribution is 6.31. The van der Waals surface area contributed by atoms with Gasteiger partial charge in [-0.25, -0.2) is 4.79 Å². The largest absolute Gasteiger partial charge is 0.419 e. The fraction of sp³-hybridized carbons (Fsp3) is 0.222. The monoisotopic (exact) mass is 344 g/mol. The number of aryl methyl sites for hydroxylation is 1. The van der Waals surface area contributed by atoms with Gasteiger partial charge in [-0.15, -0.1) is 0 Å². The van der Waals surface area contributed by atoms with Crippen LogP contribution in [0.15, 0.2) is 57.7 Å². The minimum absolute atomic E-state index is 0.0629. The van der Waals surface area contributed by atoms with Gasteiger partial charge in [0.2, 0.25) is 5.91 Å². The van der Waals surface area contributed by atoms with Gasteiger partial charge in [0.05, 0.1) is 5.52 Å². The van der Waals surface area contributed by atoms with E-state index in [0.717, 1.165) is 5.56 Å². The number of carbonyl (C=O) groups is 1. The smallest absolute Gasteiger partial charge is 0.408 e. The van der Waals surface area contributed by atoms with Crippen molar-refractivity contribution in [2.75, 3.05) is 7.05 Å². The molecule has 1 heterocycles. The lowest BCUT2D eigenvalue weighted by atomic mass is 10.2. The van der Waals surface area contributed by atoms with E-state index in [2.05, 4.69) is 0 Å². The highest BCUT2D eigenvalue weighted by Gasteiger charge is 2.14. The van der Waals surface area contributed by atoms with E-state index < -0.39 is 5.76 Å². The van der Waals surface area contributed by atoms with Crippen LogP contribution in [-0.2, 0) is 17.9 Å². The first-order valence-corrected chi connectivity index (χ1v) is 8.00. The van der Waals surface area contributed by atoms with Crippen LogP contribution in [0.4, 0.5) is 0 Å². The van der Waals surface area contributed by atoms with Gasteiger partial charge in [-0.3, -0.25) is 9.36 Å². The molecule has 0 atom stereocenters. The van der Waals surface area contributed by atoms with Crippen molar-refractivity contribution in [2.24, 2.45) is 0 Å². The summed E-state index contributed by atoms with van der Waals surface area (Å²) in [5, 5.41) is 0.634. The number of benzene rings is 2. The summed E-state index contributed by atoms with van der Waals surface area (Å²) in [6.07, 6.45) is 0.213. The molecule has 0 bridgehead atoms. The third-order valence-electron chi connectivity index (χ3n) is 3.91. The van der Waals surface area contributed by atoms with E-state index in [4.69, 9.17) is 16.0 Å². The Morgan fingerprint density at radius 3 is 2.67 bits per heavy atom. The number of halogens is 1. The average molecular weight is 345 g/mol. The molecule has 3 aromatic rings. The predicted octanol–water partition coefficient (Wildman–Crippen LogP) is 3.30. The molecular formula is C18H17ClN2O3. The van der Waals surface area contributed by atoms with Gasteiger partial charge >= 0.3 is 5.76 Å². The van der Waals surface area contributed by atoms with Gasteiger partial charge in [0.25, 0.3) is 0 Å². The summed E-state index contributed by atoms with van der Waals surface area (Å²) in [5.74, 6) is -0.509. The Balaban J connectivity index is 1.67. The lowest BCUT2D eigenvalue weighted by molar-refractivity contribution is -0.130. The van der Waals surface area contributed by atoms with Crippen molar-refractivity contribution in [3.8, 4) is 0 Å². The third kappa shape index (κ3) is 3.36. The Morgan fingerprint density at radius 2 is 1.88 bits per heavy atom. The van der Waals surface area contributed by atoms with E-state index in [9.17, 15) is 9.59 Å². The molecule has 5 nitrogen and oxygen atoms in total. The molecule has 1 amide bonds. The summed E-state index contributed by atoms with van der Waals surface area (Å²) in [5.41, 5.74) is 2.12. The Hall–Kier alpha value is -2.53. The number of hydrogen-bond donors (Lipinski definition) is 0. The first kappa shape index (κ1) is 16.3. The molecule has 0 spiro atoms. The molecule has 0 fully saturated rings. The first-order chi connectivity index (χ1) is 11.6. The molecule has 3 rings (SSSR count). The first-order valence-electron chi connectivity index (χ1n) is 7.62. The van der Waals surface area contributed by atoms with Gasteiger partial charge in [-0.1, -0.05) is 41.9 Å². The third-order valence-corrected chi connectivity index (χ3v) is 4.28. The summed E-state index contributed by atoms with van der Waals surface area (Å²) >= 11 is 6.12. The van der Waals surface area contributed by atoms with Crippen molar-refractivity contribution in [1.82, 2.24) is 9.47 Å². The zero-order valence-electron chi connectivity index (χ0n) is 13.2. The molecule has 0 N–H and O–H groups in total. The van der Waals surface area contributed by atoms with Gasteiger partial charge in [0.15, 0.2) is 5.58 Å². The molecule has 24 heavy (non-hydrogen) atoms. The molecule has 0 aliphatic carbocycles. The van der Waals surface area contributed by atoms with Crippen LogP contribution < -0.4 is 5.76 Å². The Morgan fingerprint density at radius 1 is 1.17 bits per heavy atom. The zero-order valence-corrected chi connectivity index (χ0v) is 14.0. The number of carbonyl (C=O) groups excluding carboxylic acids is 1. The molecular weight excluding hydrogens is 328 g/mol. The van der Waals surface area contributed by atoms with E-state index in [1.807, 2.05) is 24.3 Å². The van der Waals surface area contributed by atoms with Gasteiger partial charge in [-0.2, -0.15) is 0 Å². The normalized spacial score (nSPS) is 10.9. The average Bonchev–Trinajstić information content (AvgIpc) is 2.90. The number of rotatable bonds is 5. The predicted molar refractivity (Wildman–Crippen MR) is 93.0 cm³/mol. The Kier molecular flexibility index (Phi) is 4.71. The Bertz CT molecular complexity index is 929. The van der Waals surface area contributed by atoms with E-state index in [1.54, 1.807) is 36.2 Å². The summed E-state index contributed by atoms with van der Waals surface area (Å²) in [6, 6.07) is 14.6. The van der Waals surface area contributed by atoms with Crippen LogP contribution in [0.1, 0.15) is 12.0 Å². The highest BCUT2D eigenvalue weighted by atomic mass is 35.5.